The predicted molar refractivity (Wildman–Crippen MR) is 82.8 cm³/mol. The molecule has 2 nitrogen and oxygen atoms in total. The van der Waals surface area contributed by atoms with Crippen molar-refractivity contribution in [2.75, 3.05) is 0 Å². The predicted octanol–water partition coefficient (Wildman–Crippen LogP) is 4.51. The second-order valence-electron chi connectivity index (χ2n) is 5.62. The van der Waals surface area contributed by atoms with E-state index in [4.69, 9.17) is 4.74 Å². The van der Waals surface area contributed by atoms with E-state index in [1.54, 1.807) is 0 Å². The molecule has 0 bridgehead atoms. The average molecular weight is 280 g/mol. The zero-order valence-electron chi connectivity index (χ0n) is 12.1. The molecular weight excluding hydrogens is 260 g/mol. The van der Waals surface area contributed by atoms with Gasteiger partial charge in [0.2, 0.25) is 0 Å². The molecule has 0 unspecified atom stereocenters. The van der Waals surface area contributed by atoms with Gasteiger partial charge < -0.3 is 4.74 Å². The highest BCUT2D eigenvalue weighted by atomic mass is 16.5. The summed E-state index contributed by atoms with van der Waals surface area (Å²) in [4.78, 5) is 12.4. The molecule has 2 heteroatoms. The summed E-state index contributed by atoms with van der Waals surface area (Å²) >= 11 is 0. The van der Waals surface area contributed by atoms with Gasteiger partial charge in [0, 0.05) is 0 Å². The van der Waals surface area contributed by atoms with Crippen molar-refractivity contribution in [3.63, 3.8) is 0 Å². The lowest BCUT2D eigenvalue weighted by Gasteiger charge is -2.21. The molecule has 3 rings (SSSR count). The Morgan fingerprint density at radius 2 is 1.33 bits per heavy atom. The van der Waals surface area contributed by atoms with Crippen LogP contribution >= 0.6 is 0 Å². The number of esters is 1. The minimum Gasteiger partial charge on any atom is -0.452 e. The Labute approximate surface area is 125 Å². The molecule has 0 spiro atoms. The minimum absolute atomic E-state index is 0.0507. The van der Waals surface area contributed by atoms with Gasteiger partial charge in [0.25, 0.3) is 0 Å². The summed E-state index contributed by atoms with van der Waals surface area (Å²) in [6.07, 6.45) is 3.91. The van der Waals surface area contributed by atoms with Gasteiger partial charge in [-0.25, -0.2) is 0 Å². The van der Waals surface area contributed by atoms with Crippen molar-refractivity contribution in [3.8, 4) is 0 Å². The molecule has 1 saturated carbocycles. The summed E-state index contributed by atoms with van der Waals surface area (Å²) in [6, 6.07) is 19.9. The van der Waals surface area contributed by atoms with E-state index < -0.39 is 0 Å². The van der Waals surface area contributed by atoms with E-state index in [1.807, 2.05) is 60.7 Å². The maximum absolute atomic E-state index is 12.4. The molecule has 0 radical (unpaired) electrons. The molecule has 108 valence electrons. The molecule has 1 aliphatic rings. The summed E-state index contributed by atoms with van der Waals surface area (Å²) in [5.41, 5.74) is 2.05. The molecule has 21 heavy (non-hydrogen) atoms. The highest BCUT2D eigenvalue weighted by Gasteiger charge is 2.27. The van der Waals surface area contributed by atoms with Gasteiger partial charge in [-0.05, 0) is 24.0 Å². The van der Waals surface area contributed by atoms with E-state index in [-0.39, 0.29) is 18.0 Å². The van der Waals surface area contributed by atoms with Crippen LogP contribution in [0.3, 0.4) is 0 Å². The lowest BCUT2D eigenvalue weighted by Crippen LogP contribution is -2.19. The van der Waals surface area contributed by atoms with Crippen molar-refractivity contribution in [3.05, 3.63) is 71.8 Å². The van der Waals surface area contributed by atoms with Gasteiger partial charge in [-0.2, -0.15) is 0 Å². The lowest BCUT2D eigenvalue weighted by molar-refractivity contribution is -0.152. The standard InChI is InChI=1S/C19H20O2/c20-19(17-13-7-8-14-17)21-18(15-9-3-1-4-10-15)16-11-5-2-6-12-16/h1-6,9-12,17-18H,7-8,13-14H2. The Hall–Kier alpha value is -2.09. The van der Waals surface area contributed by atoms with Crippen LogP contribution in [-0.2, 0) is 9.53 Å². The zero-order valence-corrected chi connectivity index (χ0v) is 12.1. The van der Waals surface area contributed by atoms with Gasteiger partial charge in [0.15, 0.2) is 6.10 Å². The lowest BCUT2D eigenvalue weighted by atomic mass is 10.0. The van der Waals surface area contributed by atoms with Crippen LogP contribution < -0.4 is 0 Å². The normalized spacial score (nSPS) is 15.3. The zero-order chi connectivity index (χ0) is 14.5. The van der Waals surface area contributed by atoms with Crippen LogP contribution in [0.25, 0.3) is 0 Å². The SMILES string of the molecule is O=C(OC(c1ccccc1)c1ccccc1)C1CCCC1. The van der Waals surface area contributed by atoms with Crippen molar-refractivity contribution in [2.24, 2.45) is 5.92 Å². The van der Waals surface area contributed by atoms with E-state index in [2.05, 4.69) is 0 Å². The first-order valence-corrected chi connectivity index (χ1v) is 7.65. The van der Waals surface area contributed by atoms with Crippen LogP contribution in [0.1, 0.15) is 42.9 Å². The number of carbonyl (C=O) groups is 1. The third kappa shape index (κ3) is 3.33. The molecule has 0 heterocycles. The van der Waals surface area contributed by atoms with Gasteiger partial charge in [-0.1, -0.05) is 73.5 Å². The Morgan fingerprint density at radius 1 is 0.857 bits per heavy atom. The maximum Gasteiger partial charge on any atom is 0.309 e. The second kappa shape index (κ2) is 6.57. The number of carbonyl (C=O) groups excluding carboxylic acids is 1. The quantitative estimate of drug-likeness (QED) is 0.770. The Bertz CT molecular complexity index is 532. The van der Waals surface area contributed by atoms with Crippen LogP contribution in [0.5, 0.6) is 0 Å². The van der Waals surface area contributed by atoms with E-state index in [0.717, 1.165) is 36.8 Å². The fourth-order valence-electron chi connectivity index (χ4n) is 2.96. The van der Waals surface area contributed by atoms with Crippen LogP contribution in [0.4, 0.5) is 0 Å². The molecular formula is C19H20O2. The largest absolute Gasteiger partial charge is 0.452 e. The van der Waals surface area contributed by atoms with Crippen LogP contribution in [-0.4, -0.2) is 5.97 Å². The second-order valence-corrected chi connectivity index (χ2v) is 5.62. The smallest absolute Gasteiger partial charge is 0.309 e. The fourth-order valence-corrected chi connectivity index (χ4v) is 2.96. The third-order valence-corrected chi connectivity index (χ3v) is 4.13. The molecule has 1 fully saturated rings. The van der Waals surface area contributed by atoms with E-state index in [1.165, 1.54) is 0 Å². The van der Waals surface area contributed by atoms with Crippen molar-refractivity contribution in [1.29, 1.82) is 0 Å². The number of hydrogen-bond donors (Lipinski definition) is 0. The fraction of sp³-hybridized carbons (Fsp3) is 0.316. The van der Waals surface area contributed by atoms with Crippen molar-refractivity contribution < 1.29 is 9.53 Å². The first-order chi connectivity index (χ1) is 10.3. The maximum atomic E-state index is 12.4. The first kappa shape index (κ1) is 13.9. The van der Waals surface area contributed by atoms with Gasteiger partial charge in [0.1, 0.15) is 0 Å². The third-order valence-electron chi connectivity index (χ3n) is 4.13. The van der Waals surface area contributed by atoms with Gasteiger partial charge in [0.05, 0.1) is 5.92 Å². The summed E-state index contributed by atoms with van der Waals surface area (Å²) in [6.45, 7) is 0. The van der Waals surface area contributed by atoms with Crippen LogP contribution in [0, 0.1) is 5.92 Å². The molecule has 0 aliphatic heterocycles. The number of ether oxygens (including phenoxy) is 1. The molecule has 2 aromatic rings. The van der Waals surface area contributed by atoms with E-state index >= 15 is 0 Å². The summed E-state index contributed by atoms with van der Waals surface area (Å²) in [5.74, 6) is 0.0325. The summed E-state index contributed by atoms with van der Waals surface area (Å²) < 4.78 is 5.87. The van der Waals surface area contributed by atoms with Gasteiger partial charge in [-0.15, -0.1) is 0 Å². The van der Waals surface area contributed by atoms with E-state index in [9.17, 15) is 4.79 Å². The van der Waals surface area contributed by atoms with Crippen LogP contribution in [0.2, 0.25) is 0 Å². The molecule has 0 saturated heterocycles. The molecule has 0 aromatic heterocycles. The van der Waals surface area contributed by atoms with E-state index in [0.29, 0.717) is 0 Å². The molecule has 1 aliphatic carbocycles. The Morgan fingerprint density at radius 3 is 1.81 bits per heavy atom. The Balaban J connectivity index is 1.84. The average Bonchev–Trinajstić information content (AvgIpc) is 3.09. The topological polar surface area (TPSA) is 26.3 Å². The number of hydrogen-bond acceptors (Lipinski definition) is 2. The van der Waals surface area contributed by atoms with Gasteiger partial charge in [-0.3, -0.25) is 4.79 Å². The molecule has 0 amide bonds. The molecule has 2 aromatic carbocycles. The first-order valence-electron chi connectivity index (χ1n) is 7.65. The summed E-state index contributed by atoms with van der Waals surface area (Å²) in [5, 5.41) is 0. The molecule has 0 atom stereocenters. The van der Waals surface area contributed by atoms with Gasteiger partial charge >= 0.3 is 5.97 Å². The minimum atomic E-state index is -0.305. The highest BCUT2D eigenvalue weighted by Crippen LogP contribution is 2.31. The Kier molecular flexibility index (Phi) is 4.34. The van der Waals surface area contributed by atoms with Crippen LogP contribution in [0.15, 0.2) is 60.7 Å². The monoisotopic (exact) mass is 280 g/mol. The van der Waals surface area contributed by atoms with Crippen molar-refractivity contribution in [1.82, 2.24) is 0 Å². The number of benzene rings is 2. The molecule has 0 N–H and O–H groups in total. The number of rotatable bonds is 4. The highest BCUT2D eigenvalue weighted by molar-refractivity contribution is 5.73. The van der Waals surface area contributed by atoms with Crippen molar-refractivity contribution in [2.45, 2.75) is 31.8 Å². The van der Waals surface area contributed by atoms with Crippen molar-refractivity contribution >= 4 is 5.97 Å². The summed E-state index contributed by atoms with van der Waals surface area (Å²) in [7, 11) is 0.